The summed E-state index contributed by atoms with van der Waals surface area (Å²) in [7, 11) is 0. The van der Waals surface area contributed by atoms with Crippen LogP contribution in [0.4, 0.5) is 5.00 Å². The standard InChI is InChI=1S/C10H14N2O3S2/c1-7-9(17-5-11-7)12(6-13)8(10(14)15)3-4-16-2/h5-6,8H,3-4H2,1-2H3,(H,14,15). The minimum Gasteiger partial charge on any atom is -0.480 e. The Morgan fingerprint density at radius 3 is 2.88 bits per heavy atom. The van der Waals surface area contributed by atoms with Crippen molar-refractivity contribution in [2.75, 3.05) is 16.9 Å². The number of aromatic nitrogens is 1. The Morgan fingerprint density at radius 1 is 1.76 bits per heavy atom. The molecule has 1 unspecified atom stereocenters. The highest BCUT2D eigenvalue weighted by Crippen LogP contribution is 2.26. The summed E-state index contributed by atoms with van der Waals surface area (Å²) in [5, 5.41) is 9.77. The van der Waals surface area contributed by atoms with E-state index in [2.05, 4.69) is 4.98 Å². The predicted molar refractivity (Wildman–Crippen MR) is 69.8 cm³/mol. The number of hydrogen-bond acceptors (Lipinski definition) is 5. The molecule has 1 rings (SSSR count). The SMILES string of the molecule is CSCCC(C(=O)O)N(C=O)c1scnc1C. The average molecular weight is 274 g/mol. The smallest absolute Gasteiger partial charge is 0.326 e. The van der Waals surface area contributed by atoms with Gasteiger partial charge in [-0.05, 0) is 25.4 Å². The summed E-state index contributed by atoms with van der Waals surface area (Å²) in [6, 6.07) is -0.820. The molecule has 0 aromatic carbocycles. The van der Waals surface area contributed by atoms with Crippen molar-refractivity contribution >= 4 is 40.5 Å². The quantitative estimate of drug-likeness (QED) is 0.765. The molecule has 0 aliphatic rings. The van der Waals surface area contributed by atoms with Crippen molar-refractivity contribution < 1.29 is 14.7 Å². The van der Waals surface area contributed by atoms with Crippen LogP contribution in [0.25, 0.3) is 0 Å². The van der Waals surface area contributed by atoms with Gasteiger partial charge in [0.2, 0.25) is 6.41 Å². The van der Waals surface area contributed by atoms with Crippen molar-refractivity contribution in [2.45, 2.75) is 19.4 Å². The number of thiazole rings is 1. The zero-order valence-corrected chi connectivity index (χ0v) is 11.3. The third kappa shape index (κ3) is 3.44. The number of aliphatic carboxylic acids is 1. The number of anilines is 1. The Kier molecular flexibility index (Phi) is 5.43. The number of amides is 1. The van der Waals surface area contributed by atoms with Gasteiger partial charge >= 0.3 is 5.97 Å². The number of carbonyl (C=O) groups excluding carboxylic acids is 1. The molecule has 0 bridgehead atoms. The van der Waals surface area contributed by atoms with Crippen molar-refractivity contribution in [1.29, 1.82) is 0 Å². The summed E-state index contributed by atoms with van der Waals surface area (Å²) in [6.07, 6.45) is 2.90. The maximum atomic E-state index is 11.2. The fraction of sp³-hybridized carbons (Fsp3) is 0.500. The van der Waals surface area contributed by atoms with Crippen molar-refractivity contribution in [1.82, 2.24) is 4.98 Å². The van der Waals surface area contributed by atoms with Crippen LogP contribution >= 0.6 is 23.1 Å². The fourth-order valence-electron chi connectivity index (χ4n) is 1.42. The highest BCUT2D eigenvalue weighted by Gasteiger charge is 2.27. The number of thioether (sulfide) groups is 1. The van der Waals surface area contributed by atoms with E-state index in [0.29, 0.717) is 29.3 Å². The lowest BCUT2D eigenvalue weighted by molar-refractivity contribution is -0.139. The van der Waals surface area contributed by atoms with E-state index in [4.69, 9.17) is 5.11 Å². The second-order valence-electron chi connectivity index (χ2n) is 3.39. The van der Waals surface area contributed by atoms with Gasteiger partial charge in [-0.1, -0.05) is 0 Å². The number of rotatable bonds is 7. The molecule has 7 heteroatoms. The average Bonchev–Trinajstić information content (AvgIpc) is 2.70. The first-order chi connectivity index (χ1) is 8.11. The van der Waals surface area contributed by atoms with Gasteiger partial charge < -0.3 is 5.11 Å². The van der Waals surface area contributed by atoms with Gasteiger partial charge in [0.05, 0.1) is 11.2 Å². The summed E-state index contributed by atoms with van der Waals surface area (Å²) in [5.74, 6) is -0.293. The second-order valence-corrected chi connectivity index (χ2v) is 5.21. The van der Waals surface area contributed by atoms with Gasteiger partial charge in [-0.25, -0.2) is 9.78 Å². The van der Waals surface area contributed by atoms with Crippen molar-refractivity contribution in [3.05, 3.63) is 11.2 Å². The maximum absolute atomic E-state index is 11.2. The van der Waals surface area contributed by atoms with Gasteiger partial charge in [-0.3, -0.25) is 9.69 Å². The lowest BCUT2D eigenvalue weighted by atomic mass is 10.2. The summed E-state index contributed by atoms with van der Waals surface area (Å²) in [6.45, 7) is 1.76. The van der Waals surface area contributed by atoms with Crippen molar-refractivity contribution in [3.63, 3.8) is 0 Å². The van der Waals surface area contributed by atoms with Gasteiger partial charge in [0.1, 0.15) is 11.0 Å². The van der Waals surface area contributed by atoms with E-state index in [0.717, 1.165) is 0 Å². The molecule has 17 heavy (non-hydrogen) atoms. The third-order valence-electron chi connectivity index (χ3n) is 2.28. The maximum Gasteiger partial charge on any atom is 0.326 e. The predicted octanol–water partition coefficient (Wildman–Crippen LogP) is 1.62. The van der Waals surface area contributed by atoms with E-state index < -0.39 is 12.0 Å². The first-order valence-corrected chi connectivity index (χ1v) is 7.24. The van der Waals surface area contributed by atoms with Crippen LogP contribution in [0.15, 0.2) is 5.51 Å². The third-order valence-corrected chi connectivity index (χ3v) is 3.87. The van der Waals surface area contributed by atoms with Crippen molar-refractivity contribution in [3.8, 4) is 0 Å². The molecule has 5 nitrogen and oxygen atoms in total. The normalized spacial score (nSPS) is 12.1. The molecule has 0 saturated heterocycles. The van der Waals surface area contributed by atoms with Crippen LogP contribution in [0.2, 0.25) is 0 Å². The minimum absolute atomic E-state index is 0.423. The second kappa shape index (κ2) is 6.61. The number of aryl methyl sites for hydroxylation is 1. The molecule has 1 aromatic rings. The first kappa shape index (κ1) is 14.0. The van der Waals surface area contributed by atoms with Crippen LogP contribution in [-0.2, 0) is 9.59 Å². The van der Waals surface area contributed by atoms with Gasteiger partial charge in [-0.15, -0.1) is 11.3 Å². The van der Waals surface area contributed by atoms with E-state index >= 15 is 0 Å². The summed E-state index contributed by atoms with van der Waals surface area (Å²) >= 11 is 2.83. The number of carbonyl (C=O) groups is 2. The van der Waals surface area contributed by atoms with E-state index in [1.54, 1.807) is 24.2 Å². The zero-order chi connectivity index (χ0) is 12.8. The Morgan fingerprint density at radius 2 is 2.47 bits per heavy atom. The molecule has 1 N–H and O–H groups in total. The van der Waals surface area contributed by atoms with E-state index in [1.165, 1.54) is 16.2 Å². The van der Waals surface area contributed by atoms with Gasteiger partial charge in [0.15, 0.2) is 0 Å². The van der Waals surface area contributed by atoms with E-state index in [-0.39, 0.29) is 0 Å². The Labute approximate surface area is 108 Å². The summed E-state index contributed by atoms with van der Waals surface area (Å²) < 4.78 is 0. The molecule has 0 saturated carbocycles. The number of carboxylic acids is 1. The lowest BCUT2D eigenvalue weighted by Gasteiger charge is -2.23. The molecule has 0 radical (unpaired) electrons. The van der Waals surface area contributed by atoms with Crippen LogP contribution < -0.4 is 4.90 Å². The summed E-state index contributed by atoms with van der Waals surface area (Å²) in [5.41, 5.74) is 2.28. The Bertz CT molecular complexity index is 395. The number of nitrogens with zero attached hydrogens (tertiary/aromatic N) is 2. The van der Waals surface area contributed by atoms with E-state index in [1.807, 2.05) is 6.26 Å². The van der Waals surface area contributed by atoms with Crippen LogP contribution in [-0.4, -0.2) is 40.5 Å². The molecule has 0 spiro atoms. The van der Waals surface area contributed by atoms with Gasteiger partial charge in [-0.2, -0.15) is 11.8 Å². The number of hydrogen-bond donors (Lipinski definition) is 1. The topological polar surface area (TPSA) is 70.5 Å². The zero-order valence-electron chi connectivity index (χ0n) is 9.62. The molecule has 0 aliphatic carbocycles. The molecule has 1 heterocycles. The van der Waals surface area contributed by atoms with E-state index in [9.17, 15) is 9.59 Å². The van der Waals surface area contributed by atoms with Crippen LogP contribution in [0.5, 0.6) is 0 Å². The number of carboxylic acid groups (broad SMARTS) is 1. The molecule has 94 valence electrons. The molecule has 1 aromatic heterocycles. The van der Waals surface area contributed by atoms with Crippen molar-refractivity contribution in [2.24, 2.45) is 0 Å². The Hall–Kier alpha value is -1.08. The molecule has 0 fully saturated rings. The molecule has 1 amide bonds. The monoisotopic (exact) mass is 274 g/mol. The largest absolute Gasteiger partial charge is 0.480 e. The summed E-state index contributed by atoms with van der Waals surface area (Å²) in [4.78, 5) is 27.6. The fourth-order valence-corrected chi connectivity index (χ4v) is 2.70. The molecular formula is C10H14N2O3S2. The first-order valence-electron chi connectivity index (χ1n) is 4.97. The molecule has 1 atom stereocenters. The molecular weight excluding hydrogens is 260 g/mol. The van der Waals surface area contributed by atoms with Crippen LogP contribution in [0.1, 0.15) is 12.1 Å². The lowest BCUT2D eigenvalue weighted by Crippen LogP contribution is -2.40. The highest BCUT2D eigenvalue weighted by molar-refractivity contribution is 7.98. The van der Waals surface area contributed by atoms with Gasteiger partial charge in [0, 0.05) is 0 Å². The van der Waals surface area contributed by atoms with Crippen LogP contribution in [0, 0.1) is 6.92 Å². The molecule has 0 aliphatic heterocycles. The minimum atomic E-state index is -0.987. The Balaban J connectivity index is 2.93. The van der Waals surface area contributed by atoms with Crippen LogP contribution in [0.3, 0.4) is 0 Å². The highest BCUT2D eigenvalue weighted by atomic mass is 32.2. The van der Waals surface area contributed by atoms with Gasteiger partial charge in [0.25, 0.3) is 0 Å².